The molecule has 4 aromatic rings. The highest BCUT2D eigenvalue weighted by Gasteiger charge is 2.19. The van der Waals surface area contributed by atoms with Gasteiger partial charge in [-0.3, -0.25) is 9.36 Å². The van der Waals surface area contributed by atoms with Gasteiger partial charge in [-0.2, -0.15) is 0 Å². The van der Waals surface area contributed by atoms with E-state index in [4.69, 9.17) is 4.98 Å². The van der Waals surface area contributed by atoms with Crippen molar-refractivity contribution >= 4 is 27.4 Å². The van der Waals surface area contributed by atoms with Crippen LogP contribution in [0.2, 0.25) is 0 Å². The molecule has 4 rings (SSSR count). The minimum absolute atomic E-state index is 0.0741. The fourth-order valence-electron chi connectivity index (χ4n) is 3.00. The van der Waals surface area contributed by atoms with Gasteiger partial charge in [0.2, 0.25) is 0 Å². The van der Waals surface area contributed by atoms with Gasteiger partial charge in [-0.25, -0.2) is 9.97 Å². The fraction of sp³-hybridized carbons (Fsp3) is 0.150. The molecule has 1 N–H and O–H groups in total. The minimum Gasteiger partial charge on any atom is -0.365 e. The Labute approximate surface area is 155 Å². The van der Waals surface area contributed by atoms with Crippen molar-refractivity contribution in [1.82, 2.24) is 14.5 Å². The van der Waals surface area contributed by atoms with Gasteiger partial charge in [-0.1, -0.05) is 35.6 Å². The first-order valence-corrected chi connectivity index (χ1v) is 9.14. The molecule has 5 nitrogen and oxygen atoms in total. The molecule has 0 aliphatic heterocycles. The van der Waals surface area contributed by atoms with Crippen LogP contribution in [-0.4, -0.2) is 21.6 Å². The maximum Gasteiger partial charge on any atom is 0.266 e. The number of fused-ring (bicyclic) bond motifs is 1. The Morgan fingerprint density at radius 3 is 2.58 bits per heavy atom. The topological polar surface area (TPSA) is 59.8 Å². The summed E-state index contributed by atoms with van der Waals surface area (Å²) in [6, 6.07) is 15.3. The molecule has 0 amide bonds. The SMILES string of the molecule is CNc1nc(C)c(-c2nc3ccccc3c(=O)n2-c2cccc(C)c2)s1. The van der Waals surface area contributed by atoms with Gasteiger partial charge in [0.25, 0.3) is 5.56 Å². The number of hydrogen-bond donors (Lipinski definition) is 1. The molecule has 2 heterocycles. The van der Waals surface area contributed by atoms with E-state index in [1.165, 1.54) is 11.3 Å². The summed E-state index contributed by atoms with van der Waals surface area (Å²) in [5.41, 5.74) is 3.36. The Morgan fingerprint density at radius 2 is 1.85 bits per heavy atom. The molecule has 0 unspecified atom stereocenters. The quantitative estimate of drug-likeness (QED) is 0.594. The summed E-state index contributed by atoms with van der Waals surface area (Å²) in [7, 11) is 1.84. The van der Waals surface area contributed by atoms with Gasteiger partial charge in [0.15, 0.2) is 11.0 Å². The van der Waals surface area contributed by atoms with Crippen LogP contribution in [0.25, 0.3) is 27.3 Å². The third-order valence-corrected chi connectivity index (χ3v) is 5.42. The summed E-state index contributed by atoms with van der Waals surface area (Å²) in [5, 5.41) is 4.48. The lowest BCUT2D eigenvalue weighted by Crippen LogP contribution is -2.22. The van der Waals surface area contributed by atoms with E-state index in [0.29, 0.717) is 16.7 Å². The molecular weight excluding hydrogens is 344 g/mol. The highest BCUT2D eigenvalue weighted by atomic mass is 32.1. The predicted molar refractivity (Wildman–Crippen MR) is 107 cm³/mol. The van der Waals surface area contributed by atoms with Gasteiger partial charge in [0.1, 0.15) is 0 Å². The number of aryl methyl sites for hydroxylation is 2. The molecule has 26 heavy (non-hydrogen) atoms. The first-order valence-electron chi connectivity index (χ1n) is 8.33. The highest BCUT2D eigenvalue weighted by molar-refractivity contribution is 7.19. The van der Waals surface area contributed by atoms with Gasteiger partial charge in [-0.15, -0.1) is 0 Å². The lowest BCUT2D eigenvalue weighted by atomic mass is 10.2. The van der Waals surface area contributed by atoms with E-state index >= 15 is 0 Å². The Balaban J connectivity index is 2.12. The van der Waals surface area contributed by atoms with Crippen LogP contribution in [0.3, 0.4) is 0 Å². The number of nitrogens with zero attached hydrogens (tertiary/aromatic N) is 3. The number of anilines is 1. The third-order valence-electron chi connectivity index (χ3n) is 4.25. The summed E-state index contributed by atoms with van der Waals surface area (Å²) in [6.07, 6.45) is 0. The van der Waals surface area contributed by atoms with Gasteiger partial charge >= 0.3 is 0 Å². The Morgan fingerprint density at radius 1 is 1.04 bits per heavy atom. The van der Waals surface area contributed by atoms with Gasteiger partial charge in [0, 0.05) is 7.05 Å². The molecule has 0 saturated heterocycles. The second kappa shape index (κ2) is 6.38. The maximum absolute atomic E-state index is 13.3. The average Bonchev–Trinajstić information content (AvgIpc) is 3.02. The van der Waals surface area contributed by atoms with Crippen LogP contribution in [0, 0.1) is 13.8 Å². The largest absolute Gasteiger partial charge is 0.365 e. The molecule has 130 valence electrons. The van der Waals surface area contributed by atoms with Gasteiger partial charge in [-0.05, 0) is 43.7 Å². The van der Waals surface area contributed by atoms with Crippen molar-refractivity contribution < 1.29 is 0 Å². The Bertz CT molecular complexity index is 1180. The smallest absolute Gasteiger partial charge is 0.266 e. The molecule has 0 radical (unpaired) electrons. The van der Waals surface area contributed by atoms with Gasteiger partial charge < -0.3 is 5.32 Å². The number of para-hydroxylation sites is 1. The van der Waals surface area contributed by atoms with Crippen molar-refractivity contribution in [1.29, 1.82) is 0 Å². The van der Waals surface area contributed by atoms with Crippen molar-refractivity contribution in [3.8, 4) is 16.4 Å². The molecule has 0 aliphatic carbocycles. The molecule has 0 aliphatic rings. The van der Waals surface area contributed by atoms with Crippen LogP contribution in [0.4, 0.5) is 5.13 Å². The molecule has 0 atom stereocenters. The molecule has 6 heteroatoms. The van der Waals surface area contributed by atoms with Crippen LogP contribution in [0.1, 0.15) is 11.3 Å². The van der Waals surface area contributed by atoms with E-state index in [1.54, 1.807) is 4.57 Å². The predicted octanol–water partition coefficient (Wildman–Crippen LogP) is 4.17. The average molecular weight is 362 g/mol. The zero-order chi connectivity index (χ0) is 18.3. The lowest BCUT2D eigenvalue weighted by Gasteiger charge is -2.13. The standard InChI is InChI=1S/C20H18N4OS/c1-12-7-6-8-14(11-12)24-18(17-13(2)22-20(21-3)26-17)23-16-10-5-4-9-15(16)19(24)25/h4-11H,1-3H3,(H,21,22). The number of hydrogen-bond acceptors (Lipinski definition) is 5. The molecule has 0 spiro atoms. The first kappa shape index (κ1) is 16.5. The normalized spacial score (nSPS) is 11.0. The number of aromatic nitrogens is 3. The van der Waals surface area contributed by atoms with Crippen molar-refractivity contribution in [3.63, 3.8) is 0 Å². The van der Waals surface area contributed by atoms with Crippen molar-refractivity contribution in [2.75, 3.05) is 12.4 Å². The molecule has 2 aromatic carbocycles. The van der Waals surface area contributed by atoms with Crippen LogP contribution < -0.4 is 10.9 Å². The van der Waals surface area contributed by atoms with Crippen LogP contribution in [-0.2, 0) is 0 Å². The number of rotatable bonds is 3. The number of thiazole rings is 1. The second-order valence-corrected chi connectivity index (χ2v) is 7.11. The van der Waals surface area contributed by atoms with Gasteiger partial charge in [0.05, 0.1) is 27.2 Å². The number of nitrogens with one attached hydrogen (secondary N) is 1. The monoisotopic (exact) mass is 362 g/mol. The molecule has 0 fully saturated rings. The van der Waals surface area contributed by atoms with Crippen LogP contribution in [0.5, 0.6) is 0 Å². The molecule has 0 saturated carbocycles. The summed E-state index contributed by atoms with van der Waals surface area (Å²) < 4.78 is 1.69. The number of benzene rings is 2. The zero-order valence-corrected chi connectivity index (χ0v) is 15.6. The van der Waals surface area contributed by atoms with E-state index in [-0.39, 0.29) is 5.56 Å². The van der Waals surface area contributed by atoms with Crippen molar-refractivity contribution in [2.24, 2.45) is 0 Å². The first-order chi connectivity index (χ1) is 12.6. The maximum atomic E-state index is 13.3. The lowest BCUT2D eigenvalue weighted by molar-refractivity contribution is 0.974. The summed E-state index contributed by atoms with van der Waals surface area (Å²) in [4.78, 5) is 23.5. The van der Waals surface area contributed by atoms with E-state index < -0.39 is 0 Å². The van der Waals surface area contributed by atoms with E-state index in [9.17, 15) is 4.79 Å². The summed E-state index contributed by atoms with van der Waals surface area (Å²) >= 11 is 1.50. The molecular formula is C20H18N4OS. The van der Waals surface area contributed by atoms with E-state index in [1.807, 2.05) is 69.4 Å². The third kappa shape index (κ3) is 2.68. The molecule has 2 aromatic heterocycles. The van der Waals surface area contributed by atoms with Crippen molar-refractivity contribution in [2.45, 2.75) is 13.8 Å². The summed E-state index contributed by atoms with van der Waals surface area (Å²) in [5.74, 6) is 0.621. The minimum atomic E-state index is -0.0741. The van der Waals surface area contributed by atoms with Crippen LogP contribution in [0.15, 0.2) is 53.3 Å². The van der Waals surface area contributed by atoms with Crippen LogP contribution >= 0.6 is 11.3 Å². The fourth-order valence-corrected chi connectivity index (χ4v) is 3.90. The van der Waals surface area contributed by atoms with E-state index in [0.717, 1.165) is 27.0 Å². The zero-order valence-electron chi connectivity index (χ0n) is 14.8. The molecule has 0 bridgehead atoms. The Hall–Kier alpha value is -2.99. The van der Waals surface area contributed by atoms with E-state index in [2.05, 4.69) is 10.3 Å². The second-order valence-electron chi connectivity index (χ2n) is 6.12. The Kier molecular flexibility index (Phi) is 4.05. The van der Waals surface area contributed by atoms with Crippen molar-refractivity contribution in [3.05, 3.63) is 70.1 Å². The highest BCUT2D eigenvalue weighted by Crippen LogP contribution is 2.32. The summed E-state index contributed by atoms with van der Waals surface area (Å²) in [6.45, 7) is 3.95.